The first-order valence-corrected chi connectivity index (χ1v) is 10.0. The van der Waals surface area contributed by atoms with Crippen LogP contribution in [0.15, 0.2) is 70.2 Å². The average molecular weight is 500 g/mol. The summed E-state index contributed by atoms with van der Waals surface area (Å²) in [5.41, 5.74) is 3.86. The third-order valence-corrected chi connectivity index (χ3v) is 4.81. The van der Waals surface area contributed by atoms with E-state index in [1.807, 2.05) is 0 Å². The molecule has 164 valence electrons. The van der Waals surface area contributed by atoms with Gasteiger partial charge in [0.05, 0.1) is 23.8 Å². The highest BCUT2D eigenvalue weighted by Crippen LogP contribution is 2.28. The molecule has 0 fully saturated rings. The summed E-state index contributed by atoms with van der Waals surface area (Å²) in [7, 11) is 1.49. The van der Waals surface area contributed by atoms with Crippen molar-refractivity contribution < 1.29 is 24.3 Å². The van der Waals surface area contributed by atoms with Gasteiger partial charge in [-0.3, -0.25) is 14.9 Å². The Morgan fingerprint density at radius 2 is 1.91 bits per heavy atom. The van der Waals surface area contributed by atoms with Crippen molar-refractivity contribution in [2.75, 3.05) is 7.11 Å². The maximum Gasteiger partial charge on any atom is 0.275 e. The molecule has 2 N–H and O–H groups in total. The van der Waals surface area contributed by atoms with Crippen LogP contribution in [0.5, 0.6) is 17.2 Å². The van der Waals surface area contributed by atoms with Crippen LogP contribution >= 0.6 is 15.9 Å². The summed E-state index contributed by atoms with van der Waals surface area (Å²) in [6, 6.07) is 15.7. The zero-order chi connectivity index (χ0) is 23.1. The van der Waals surface area contributed by atoms with Crippen LogP contribution in [0.4, 0.5) is 5.69 Å². The minimum atomic E-state index is -0.560. The van der Waals surface area contributed by atoms with Gasteiger partial charge in [-0.25, -0.2) is 5.43 Å². The number of benzene rings is 3. The van der Waals surface area contributed by atoms with Crippen LogP contribution in [0.3, 0.4) is 0 Å². The summed E-state index contributed by atoms with van der Waals surface area (Å²) in [6.45, 7) is 0.202. The Labute approximate surface area is 191 Å². The SMILES string of the molecule is COc1cc(/C=N\NC(=O)c2cc(Br)ccc2O)ccc1OCc1ccc([N+](=O)[O-])cc1. The van der Waals surface area contributed by atoms with Gasteiger partial charge in [0.2, 0.25) is 0 Å². The number of nitro groups is 1. The number of carbonyl (C=O) groups excluding carboxylic acids is 1. The number of hydrogen-bond donors (Lipinski definition) is 2. The molecule has 3 aromatic rings. The van der Waals surface area contributed by atoms with Crippen molar-refractivity contribution in [3.8, 4) is 17.2 Å². The number of halogens is 1. The number of carbonyl (C=O) groups is 1. The number of hydrogen-bond acceptors (Lipinski definition) is 7. The van der Waals surface area contributed by atoms with E-state index < -0.39 is 10.8 Å². The number of hydrazone groups is 1. The van der Waals surface area contributed by atoms with Crippen molar-refractivity contribution in [1.29, 1.82) is 0 Å². The number of methoxy groups -OCH3 is 1. The molecule has 0 radical (unpaired) electrons. The molecule has 0 unspecified atom stereocenters. The number of amides is 1. The molecule has 0 bridgehead atoms. The quantitative estimate of drug-likeness (QED) is 0.268. The van der Waals surface area contributed by atoms with Crippen LogP contribution < -0.4 is 14.9 Å². The lowest BCUT2D eigenvalue weighted by Gasteiger charge is -2.11. The molecule has 0 saturated heterocycles. The lowest BCUT2D eigenvalue weighted by molar-refractivity contribution is -0.384. The van der Waals surface area contributed by atoms with Crippen molar-refractivity contribution in [2.24, 2.45) is 5.10 Å². The number of phenols is 1. The number of nitrogens with one attached hydrogen (secondary N) is 1. The minimum absolute atomic E-state index is 0.0113. The molecular weight excluding hydrogens is 482 g/mol. The van der Waals surface area contributed by atoms with Crippen LogP contribution in [0.2, 0.25) is 0 Å². The van der Waals surface area contributed by atoms with Gasteiger partial charge in [-0.2, -0.15) is 5.10 Å². The van der Waals surface area contributed by atoms with Gasteiger partial charge in [0.15, 0.2) is 11.5 Å². The highest BCUT2D eigenvalue weighted by molar-refractivity contribution is 9.10. The van der Waals surface area contributed by atoms with Crippen LogP contribution in [-0.4, -0.2) is 29.3 Å². The third-order valence-electron chi connectivity index (χ3n) is 4.31. The fourth-order valence-corrected chi connectivity index (χ4v) is 3.04. The molecule has 0 saturated carbocycles. The molecule has 10 heteroatoms. The molecule has 0 aliphatic heterocycles. The fourth-order valence-electron chi connectivity index (χ4n) is 2.67. The van der Waals surface area contributed by atoms with E-state index in [2.05, 4.69) is 26.5 Å². The number of nitrogens with zero attached hydrogens (tertiary/aromatic N) is 2. The van der Waals surface area contributed by atoms with Crippen LogP contribution in [0, 0.1) is 10.1 Å². The van der Waals surface area contributed by atoms with Gasteiger partial charge in [-0.1, -0.05) is 15.9 Å². The van der Waals surface area contributed by atoms with E-state index in [1.165, 1.54) is 37.6 Å². The molecule has 0 aliphatic rings. The van der Waals surface area contributed by atoms with Crippen molar-refractivity contribution in [3.05, 3.63) is 91.9 Å². The van der Waals surface area contributed by atoms with Gasteiger partial charge in [0.25, 0.3) is 11.6 Å². The van der Waals surface area contributed by atoms with E-state index in [0.29, 0.717) is 21.5 Å². The van der Waals surface area contributed by atoms with E-state index in [9.17, 15) is 20.0 Å². The summed E-state index contributed by atoms with van der Waals surface area (Å²) in [5, 5.41) is 24.4. The smallest absolute Gasteiger partial charge is 0.275 e. The third kappa shape index (κ3) is 5.82. The van der Waals surface area contributed by atoms with Crippen LogP contribution in [0.25, 0.3) is 0 Å². The molecule has 3 aromatic carbocycles. The standard InChI is InChI=1S/C22H18BrN3O6/c1-31-21-10-15(12-24-25-22(28)18-11-16(23)5-8-19(18)27)4-9-20(21)32-13-14-2-6-17(7-3-14)26(29)30/h2-12,27H,13H2,1H3,(H,25,28)/b24-12-. The monoisotopic (exact) mass is 499 g/mol. The van der Waals surface area contributed by atoms with Gasteiger partial charge in [0, 0.05) is 16.6 Å². The molecule has 32 heavy (non-hydrogen) atoms. The second-order valence-electron chi connectivity index (χ2n) is 6.48. The van der Waals surface area contributed by atoms with Gasteiger partial charge in [-0.05, 0) is 59.7 Å². The molecule has 9 nitrogen and oxygen atoms in total. The van der Waals surface area contributed by atoms with Gasteiger partial charge < -0.3 is 14.6 Å². The Hall–Kier alpha value is -3.92. The van der Waals surface area contributed by atoms with E-state index in [4.69, 9.17) is 9.47 Å². The van der Waals surface area contributed by atoms with E-state index >= 15 is 0 Å². The molecule has 0 aromatic heterocycles. The second kappa shape index (κ2) is 10.4. The second-order valence-corrected chi connectivity index (χ2v) is 7.40. The summed E-state index contributed by atoms with van der Waals surface area (Å²) in [5.74, 6) is 0.213. The average Bonchev–Trinajstić information content (AvgIpc) is 2.79. The molecule has 0 spiro atoms. The molecular formula is C22H18BrN3O6. The molecule has 0 heterocycles. The van der Waals surface area contributed by atoms with Gasteiger partial charge in [0.1, 0.15) is 12.4 Å². The first-order valence-electron chi connectivity index (χ1n) is 9.23. The summed E-state index contributed by atoms with van der Waals surface area (Å²) in [6.07, 6.45) is 1.43. The Kier molecular flexibility index (Phi) is 7.40. The first kappa shape index (κ1) is 22.8. The minimum Gasteiger partial charge on any atom is -0.507 e. The predicted octanol–water partition coefficient (Wildman–Crippen LogP) is 4.41. The number of ether oxygens (including phenoxy) is 2. The highest BCUT2D eigenvalue weighted by atomic mass is 79.9. The first-order chi connectivity index (χ1) is 15.4. The number of nitro benzene ring substituents is 1. The summed E-state index contributed by atoms with van der Waals surface area (Å²) < 4.78 is 11.8. The maximum atomic E-state index is 12.2. The highest BCUT2D eigenvalue weighted by Gasteiger charge is 2.11. The van der Waals surface area contributed by atoms with Crippen molar-refractivity contribution in [3.63, 3.8) is 0 Å². The number of rotatable bonds is 8. The number of aromatic hydroxyl groups is 1. The van der Waals surface area contributed by atoms with E-state index in [1.54, 1.807) is 36.4 Å². The Balaban J connectivity index is 1.63. The van der Waals surface area contributed by atoms with E-state index in [-0.39, 0.29) is 23.6 Å². The van der Waals surface area contributed by atoms with Crippen molar-refractivity contribution in [2.45, 2.75) is 6.61 Å². The topological polar surface area (TPSA) is 123 Å². The number of phenolic OH excluding ortho intramolecular Hbond substituents is 1. The number of non-ortho nitro benzene ring substituents is 1. The molecule has 1 amide bonds. The molecule has 0 aliphatic carbocycles. The van der Waals surface area contributed by atoms with E-state index in [0.717, 1.165) is 5.56 Å². The Morgan fingerprint density at radius 1 is 1.16 bits per heavy atom. The fraction of sp³-hybridized carbons (Fsp3) is 0.0909. The summed E-state index contributed by atoms with van der Waals surface area (Å²) >= 11 is 3.25. The zero-order valence-corrected chi connectivity index (χ0v) is 18.4. The lowest BCUT2D eigenvalue weighted by atomic mass is 10.2. The lowest BCUT2D eigenvalue weighted by Crippen LogP contribution is -2.17. The van der Waals surface area contributed by atoms with Gasteiger partial charge >= 0.3 is 0 Å². The van der Waals surface area contributed by atoms with Crippen LogP contribution in [-0.2, 0) is 6.61 Å². The predicted molar refractivity (Wildman–Crippen MR) is 121 cm³/mol. The molecule has 0 atom stereocenters. The summed E-state index contributed by atoms with van der Waals surface area (Å²) in [4.78, 5) is 22.4. The van der Waals surface area contributed by atoms with Crippen molar-refractivity contribution in [1.82, 2.24) is 5.43 Å². The zero-order valence-electron chi connectivity index (χ0n) is 16.8. The van der Waals surface area contributed by atoms with Crippen LogP contribution in [0.1, 0.15) is 21.5 Å². The molecule has 3 rings (SSSR count). The maximum absolute atomic E-state index is 12.2. The van der Waals surface area contributed by atoms with Gasteiger partial charge in [-0.15, -0.1) is 0 Å². The normalized spacial score (nSPS) is 10.7. The Bertz CT molecular complexity index is 1160. The largest absolute Gasteiger partial charge is 0.507 e. The Morgan fingerprint density at radius 3 is 2.59 bits per heavy atom. The van der Waals surface area contributed by atoms with Crippen molar-refractivity contribution >= 4 is 33.7 Å².